The Morgan fingerprint density at radius 1 is 1.04 bits per heavy atom. The summed E-state index contributed by atoms with van der Waals surface area (Å²) in [5.74, 6) is -1.59. The fourth-order valence-corrected chi connectivity index (χ4v) is 2.94. The molecule has 0 radical (unpaired) electrons. The molecule has 2 aromatic carbocycles. The third kappa shape index (κ3) is 3.86. The minimum atomic E-state index is -0.582. The number of anilines is 1. The first-order chi connectivity index (χ1) is 12.9. The third-order valence-electron chi connectivity index (χ3n) is 3.98. The Bertz CT molecular complexity index is 909. The van der Waals surface area contributed by atoms with Crippen LogP contribution in [-0.4, -0.2) is 37.1 Å². The van der Waals surface area contributed by atoms with E-state index in [0.29, 0.717) is 5.69 Å². The van der Waals surface area contributed by atoms with Gasteiger partial charge in [-0.15, -0.1) is 0 Å². The minimum absolute atomic E-state index is 0.0446. The summed E-state index contributed by atoms with van der Waals surface area (Å²) in [6.07, 6.45) is 0.0446. The summed E-state index contributed by atoms with van der Waals surface area (Å²) in [6, 6.07) is 10.9. The van der Waals surface area contributed by atoms with Crippen LogP contribution in [0.15, 0.2) is 42.5 Å². The monoisotopic (exact) mass is 387 g/mol. The maximum Gasteiger partial charge on any atom is 0.338 e. The molecule has 0 bridgehead atoms. The molecule has 140 valence electrons. The molecule has 6 nitrogen and oxygen atoms in total. The molecule has 0 aliphatic carbocycles. The summed E-state index contributed by atoms with van der Waals surface area (Å²) in [7, 11) is 0. The quantitative estimate of drug-likeness (QED) is 0.429. The van der Waals surface area contributed by atoms with Gasteiger partial charge in [-0.2, -0.15) is 0 Å². The van der Waals surface area contributed by atoms with Crippen LogP contribution in [0, 0.1) is 0 Å². The number of carbonyl (C=O) groups excluding carboxylic acids is 3. The number of rotatable bonds is 6. The Morgan fingerprint density at radius 3 is 2.44 bits per heavy atom. The van der Waals surface area contributed by atoms with Crippen LogP contribution in [0.25, 0.3) is 0 Å². The topological polar surface area (TPSA) is 72.9 Å². The molecule has 2 amide bonds. The van der Waals surface area contributed by atoms with Crippen LogP contribution in [0.4, 0.5) is 5.69 Å². The molecule has 0 N–H and O–H groups in total. The SMILES string of the molecule is CC(C)OCCOC(=O)c1ccc2c(c1)C(=O)N(c1ccccc1Cl)C2=O. The first-order valence-corrected chi connectivity index (χ1v) is 8.84. The predicted molar refractivity (Wildman–Crippen MR) is 100 cm³/mol. The molecule has 0 atom stereocenters. The van der Waals surface area contributed by atoms with Crippen LogP contribution >= 0.6 is 11.6 Å². The lowest BCUT2D eigenvalue weighted by Gasteiger charge is -2.15. The molecular weight excluding hydrogens is 370 g/mol. The zero-order valence-corrected chi connectivity index (χ0v) is 15.7. The zero-order valence-electron chi connectivity index (χ0n) is 14.9. The van der Waals surface area contributed by atoms with Crippen molar-refractivity contribution in [3.8, 4) is 0 Å². The Balaban J connectivity index is 1.79. The highest BCUT2D eigenvalue weighted by Crippen LogP contribution is 2.33. The van der Waals surface area contributed by atoms with Crippen molar-refractivity contribution in [3.63, 3.8) is 0 Å². The lowest BCUT2D eigenvalue weighted by atomic mass is 10.1. The first-order valence-electron chi connectivity index (χ1n) is 8.46. The lowest BCUT2D eigenvalue weighted by molar-refractivity contribution is 0.0177. The standard InChI is InChI=1S/C20H18ClNO5/c1-12(2)26-9-10-27-20(25)13-7-8-14-15(11-13)19(24)22(18(14)23)17-6-4-3-5-16(17)21/h3-8,11-12H,9-10H2,1-2H3. The molecule has 3 rings (SSSR count). The Morgan fingerprint density at radius 2 is 1.74 bits per heavy atom. The van der Waals surface area contributed by atoms with E-state index in [9.17, 15) is 14.4 Å². The van der Waals surface area contributed by atoms with Gasteiger partial charge in [-0.3, -0.25) is 9.59 Å². The first kappa shape index (κ1) is 19.1. The van der Waals surface area contributed by atoms with Crippen molar-refractivity contribution in [1.29, 1.82) is 0 Å². The number of hydrogen-bond acceptors (Lipinski definition) is 5. The maximum atomic E-state index is 12.7. The minimum Gasteiger partial charge on any atom is -0.460 e. The molecule has 0 spiro atoms. The van der Waals surface area contributed by atoms with E-state index in [-0.39, 0.29) is 41.0 Å². The van der Waals surface area contributed by atoms with E-state index >= 15 is 0 Å². The number of carbonyl (C=O) groups is 3. The third-order valence-corrected chi connectivity index (χ3v) is 4.30. The Labute approximate surface area is 161 Å². The van der Waals surface area contributed by atoms with Crippen molar-refractivity contribution < 1.29 is 23.9 Å². The van der Waals surface area contributed by atoms with Gasteiger partial charge in [0.05, 0.1) is 40.1 Å². The lowest BCUT2D eigenvalue weighted by Crippen LogP contribution is -2.29. The van der Waals surface area contributed by atoms with E-state index in [4.69, 9.17) is 21.1 Å². The normalized spacial score (nSPS) is 13.3. The van der Waals surface area contributed by atoms with Crippen LogP contribution < -0.4 is 4.90 Å². The molecule has 0 saturated carbocycles. The number of ether oxygens (including phenoxy) is 2. The molecule has 0 unspecified atom stereocenters. The van der Waals surface area contributed by atoms with Crippen molar-refractivity contribution in [2.24, 2.45) is 0 Å². The van der Waals surface area contributed by atoms with Gasteiger partial charge in [0.2, 0.25) is 0 Å². The molecule has 0 saturated heterocycles. The molecule has 0 aromatic heterocycles. The van der Waals surface area contributed by atoms with Gasteiger partial charge in [-0.05, 0) is 44.2 Å². The van der Waals surface area contributed by atoms with Gasteiger partial charge in [0.25, 0.3) is 11.8 Å². The van der Waals surface area contributed by atoms with Gasteiger partial charge in [-0.1, -0.05) is 23.7 Å². The number of imide groups is 1. The summed E-state index contributed by atoms with van der Waals surface area (Å²) < 4.78 is 10.4. The van der Waals surface area contributed by atoms with E-state index in [2.05, 4.69) is 0 Å². The van der Waals surface area contributed by atoms with E-state index < -0.39 is 17.8 Å². The molecule has 1 aliphatic rings. The molecule has 1 aliphatic heterocycles. The number of fused-ring (bicyclic) bond motifs is 1. The molecule has 1 heterocycles. The molecule has 27 heavy (non-hydrogen) atoms. The zero-order chi connectivity index (χ0) is 19.6. The van der Waals surface area contributed by atoms with Gasteiger partial charge in [0.15, 0.2) is 0 Å². The number of nitrogens with zero attached hydrogens (tertiary/aromatic N) is 1. The van der Waals surface area contributed by atoms with Crippen molar-refractivity contribution >= 4 is 35.1 Å². The smallest absolute Gasteiger partial charge is 0.338 e. The largest absolute Gasteiger partial charge is 0.460 e. The van der Waals surface area contributed by atoms with E-state index in [1.165, 1.54) is 18.2 Å². The van der Waals surface area contributed by atoms with Gasteiger partial charge < -0.3 is 9.47 Å². The summed E-state index contributed by atoms with van der Waals surface area (Å²) in [6.45, 7) is 4.16. The van der Waals surface area contributed by atoms with E-state index in [0.717, 1.165) is 4.90 Å². The Hall–Kier alpha value is -2.70. The van der Waals surface area contributed by atoms with Crippen LogP contribution in [0.3, 0.4) is 0 Å². The number of halogens is 1. The van der Waals surface area contributed by atoms with Crippen LogP contribution in [0.1, 0.15) is 44.9 Å². The van der Waals surface area contributed by atoms with E-state index in [1.807, 2.05) is 13.8 Å². The second kappa shape index (κ2) is 7.90. The van der Waals surface area contributed by atoms with Crippen molar-refractivity contribution in [2.75, 3.05) is 18.1 Å². The average Bonchev–Trinajstić information content (AvgIpc) is 2.89. The van der Waals surface area contributed by atoms with E-state index in [1.54, 1.807) is 24.3 Å². The van der Waals surface area contributed by atoms with Gasteiger partial charge >= 0.3 is 5.97 Å². The maximum absolute atomic E-state index is 12.7. The van der Waals surface area contributed by atoms with Crippen molar-refractivity contribution in [2.45, 2.75) is 20.0 Å². The molecular formula is C20H18ClNO5. The number of para-hydroxylation sites is 1. The number of esters is 1. The second-order valence-electron chi connectivity index (χ2n) is 6.21. The number of amides is 2. The summed E-state index contributed by atoms with van der Waals surface area (Å²) in [4.78, 5) is 38.6. The van der Waals surface area contributed by atoms with Gasteiger partial charge in [0, 0.05) is 0 Å². The van der Waals surface area contributed by atoms with Crippen molar-refractivity contribution in [1.82, 2.24) is 0 Å². The fraction of sp³-hybridized carbons (Fsp3) is 0.250. The summed E-state index contributed by atoms with van der Waals surface area (Å²) >= 11 is 6.12. The highest BCUT2D eigenvalue weighted by Gasteiger charge is 2.38. The molecule has 7 heteroatoms. The highest BCUT2D eigenvalue weighted by molar-refractivity contribution is 6.39. The van der Waals surface area contributed by atoms with Crippen LogP contribution in [0.5, 0.6) is 0 Å². The summed E-state index contributed by atoms with van der Waals surface area (Å²) in [5, 5.41) is 0.289. The van der Waals surface area contributed by atoms with Crippen molar-refractivity contribution in [3.05, 3.63) is 64.2 Å². The molecule has 0 fully saturated rings. The number of benzene rings is 2. The Kier molecular flexibility index (Phi) is 5.58. The number of hydrogen-bond donors (Lipinski definition) is 0. The van der Waals surface area contributed by atoms with Crippen LogP contribution in [-0.2, 0) is 9.47 Å². The molecule has 2 aromatic rings. The second-order valence-corrected chi connectivity index (χ2v) is 6.62. The highest BCUT2D eigenvalue weighted by atomic mass is 35.5. The summed E-state index contributed by atoms with van der Waals surface area (Å²) in [5.41, 5.74) is 0.869. The van der Waals surface area contributed by atoms with Gasteiger partial charge in [0.1, 0.15) is 6.61 Å². The predicted octanol–water partition coefficient (Wildman–Crippen LogP) is 3.72. The average molecular weight is 388 g/mol. The van der Waals surface area contributed by atoms with Crippen LogP contribution in [0.2, 0.25) is 5.02 Å². The fourth-order valence-electron chi connectivity index (χ4n) is 2.72. The van der Waals surface area contributed by atoms with Gasteiger partial charge in [-0.25, -0.2) is 9.69 Å².